The zero-order valence-electron chi connectivity index (χ0n) is 12.4. The van der Waals surface area contributed by atoms with Crippen LogP contribution in [0.4, 0.5) is 0 Å². The lowest BCUT2D eigenvalue weighted by Gasteiger charge is -2.22. The van der Waals surface area contributed by atoms with Gasteiger partial charge in [-0.3, -0.25) is 4.79 Å². The second kappa shape index (κ2) is 5.56. The Morgan fingerprint density at radius 3 is 2.62 bits per heavy atom. The van der Waals surface area contributed by atoms with Gasteiger partial charge < -0.3 is 9.15 Å². The molecule has 0 aliphatic heterocycles. The van der Waals surface area contributed by atoms with Crippen molar-refractivity contribution in [2.45, 2.75) is 27.2 Å². The molecule has 110 valence electrons. The van der Waals surface area contributed by atoms with Gasteiger partial charge in [0.05, 0.1) is 5.41 Å². The summed E-state index contributed by atoms with van der Waals surface area (Å²) in [5.41, 5.74) is 0.221. The highest BCUT2D eigenvalue weighted by Crippen LogP contribution is 2.28. The van der Waals surface area contributed by atoms with Gasteiger partial charge in [0.2, 0.25) is 0 Å². The van der Waals surface area contributed by atoms with E-state index in [1.165, 1.54) is 6.07 Å². The standard InChI is InChI=1S/C17H18O4/c1-11(2)10-17(3,4)16(19)20-13-7-5-12-6-8-15(18)21-14(12)9-13/h5-9H,1,10H2,2-4H3. The molecule has 0 N–H and O–H groups in total. The molecule has 0 aliphatic rings. The van der Waals surface area contributed by atoms with E-state index in [0.717, 1.165) is 11.0 Å². The van der Waals surface area contributed by atoms with Crippen LogP contribution in [0.2, 0.25) is 0 Å². The fourth-order valence-electron chi connectivity index (χ4n) is 2.18. The number of allylic oxidation sites excluding steroid dienone is 1. The molecule has 2 rings (SSSR count). The maximum Gasteiger partial charge on any atom is 0.336 e. The van der Waals surface area contributed by atoms with Gasteiger partial charge in [-0.15, -0.1) is 6.58 Å². The SMILES string of the molecule is C=C(C)CC(C)(C)C(=O)Oc1ccc2ccc(=O)oc2c1. The van der Waals surface area contributed by atoms with Gasteiger partial charge in [-0.05, 0) is 45.4 Å². The van der Waals surface area contributed by atoms with E-state index in [1.807, 2.05) is 20.8 Å². The van der Waals surface area contributed by atoms with Crippen LogP contribution in [0.1, 0.15) is 27.2 Å². The largest absolute Gasteiger partial charge is 0.426 e. The molecule has 0 amide bonds. The maximum absolute atomic E-state index is 12.2. The van der Waals surface area contributed by atoms with Crippen molar-refractivity contribution in [1.29, 1.82) is 0 Å². The maximum atomic E-state index is 12.2. The average molecular weight is 286 g/mol. The first-order valence-electron chi connectivity index (χ1n) is 6.68. The van der Waals surface area contributed by atoms with E-state index in [-0.39, 0.29) is 5.97 Å². The predicted octanol–water partition coefficient (Wildman–Crippen LogP) is 3.69. The van der Waals surface area contributed by atoms with Gasteiger partial charge in [0.25, 0.3) is 0 Å². The van der Waals surface area contributed by atoms with Gasteiger partial charge in [0.15, 0.2) is 0 Å². The van der Waals surface area contributed by atoms with Crippen LogP contribution < -0.4 is 10.4 Å². The topological polar surface area (TPSA) is 56.5 Å². The number of carbonyl (C=O) groups excluding carboxylic acids is 1. The third-order valence-corrected chi connectivity index (χ3v) is 3.10. The van der Waals surface area contributed by atoms with Gasteiger partial charge in [0, 0.05) is 17.5 Å². The Morgan fingerprint density at radius 2 is 1.95 bits per heavy atom. The molecule has 1 heterocycles. The Kier molecular flexibility index (Phi) is 3.98. The lowest BCUT2D eigenvalue weighted by molar-refractivity contribution is -0.143. The molecule has 0 saturated heterocycles. The fraction of sp³-hybridized carbons (Fsp3) is 0.294. The fourth-order valence-corrected chi connectivity index (χ4v) is 2.18. The van der Waals surface area contributed by atoms with Crippen molar-refractivity contribution in [2.75, 3.05) is 0 Å². The van der Waals surface area contributed by atoms with Crippen molar-refractivity contribution < 1.29 is 13.9 Å². The van der Waals surface area contributed by atoms with Gasteiger partial charge in [-0.1, -0.05) is 5.57 Å². The van der Waals surface area contributed by atoms with Crippen molar-refractivity contribution in [2.24, 2.45) is 5.41 Å². The third-order valence-electron chi connectivity index (χ3n) is 3.10. The highest BCUT2D eigenvalue weighted by molar-refractivity contribution is 5.82. The molecule has 1 aromatic heterocycles. The minimum absolute atomic E-state index is 0.344. The van der Waals surface area contributed by atoms with E-state index < -0.39 is 11.0 Å². The van der Waals surface area contributed by atoms with Gasteiger partial charge in [-0.25, -0.2) is 4.79 Å². The van der Waals surface area contributed by atoms with Gasteiger partial charge in [0.1, 0.15) is 11.3 Å². The van der Waals surface area contributed by atoms with E-state index >= 15 is 0 Å². The van der Waals surface area contributed by atoms with E-state index in [1.54, 1.807) is 24.3 Å². The summed E-state index contributed by atoms with van der Waals surface area (Å²) < 4.78 is 10.5. The quantitative estimate of drug-likeness (QED) is 0.372. The summed E-state index contributed by atoms with van der Waals surface area (Å²) in [6.45, 7) is 9.32. The Morgan fingerprint density at radius 1 is 1.29 bits per heavy atom. The van der Waals surface area contributed by atoms with Crippen molar-refractivity contribution in [3.8, 4) is 5.75 Å². The molecule has 4 heteroatoms. The van der Waals surface area contributed by atoms with Crippen LogP contribution in [0.3, 0.4) is 0 Å². The van der Waals surface area contributed by atoms with Crippen LogP contribution in [0.5, 0.6) is 5.75 Å². The smallest absolute Gasteiger partial charge is 0.336 e. The molecule has 0 bridgehead atoms. The first-order valence-corrected chi connectivity index (χ1v) is 6.68. The lowest BCUT2D eigenvalue weighted by Crippen LogP contribution is -2.29. The molecule has 0 unspecified atom stereocenters. The second-order valence-corrected chi connectivity index (χ2v) is 5.86. The molecular formula is C17H18O4. The number of rotatable bonds is 4. The number of esters is 1. The Balaban J connectivity index is 2.25. The number of carbonyl (C=O) groups is 1. The molecule has 0 radical (unpaired) electrons. The first kappa shape index (κ1) is 15.0. The summed E-state index contributed by atoms with van der Waals surface area (Å²) in [4.78, 5) is 23.4. The normalized spacial score (nSPS) is 11.4. The Labute approximate surface area is 123 Å². The van der Waals surface area contributed by atoms with Gasteiger partial charge in [-0.2, -0.15) is 0 Å². The summed E-state index contributed by atoms with van der Waals surface area (Å²) in [6.07, 6.45) is 0.550. The number of hydrogen-bond donors (Lipinski definition) is 0. The molecule has 0 saturated carbocycles. The van der Waals surface area contributed by atoms with Gasteiger partial charge >= 0.3 is 11.6 Å². The van der Waals surface area contributed by atoms with E-state index in [2.05, 4.69) is 6.58 Å². The Bertz CT molecular complexity index is 753. The monoisotopic (exact) mass is 286 g/mol. The molecule has 21 heavy (non-hydrogen) atoms. The van der Waals surface area contributed by atoms with Crippen molar-refractivity contribution in [3.63, 3.8) is 0 Å². The molecule has 2 aromatic rings. The summed E-state index contributed by atoms with van der Waals surface area (Å²) >= 11 is 0. The van der Waals surface area contributed by atoms with Crippen molar-refractivity contribution >= 4 is 16.9 Å². The number of ether oxygens (including phenoxy) is 1. The van der Waals surface area contributed by atoms with E-state index in [4.69, 9.17) is 9.15 Å². The van der Waals surface area contributed by atoms with Crippen molar-refractivity contribution in [3.05, 3.63) is 52.9 Å². The lowest BCUT2D eigenvalue weighted by atomic mass is 9.86. The molecule has 1 aromatic carbocycles. The molecule has 0 spiro atoms. The number of fused-ring (bicyclic) bond motifs is 1. The minimum atomic E-state index is -0.654. The van der Waals surface area contributed by atoms with E-state index in [9.17, 15) is 9.59 Å². The summed E-state index contributed by atoms with van der Waals surface area (Å²) in [5.74, 6) is 0.0137. The third kappa shape index (κ3) is 3.60. The highest BCUT2D eigenvalue weighted by Gasteiger charge is 2.29. The second-order valence-electron chi connectivity index (χ2n) is 5.86. The first-order chi connectivity index (χ1) is 9.78. The highest BCUT2D eigenvalue weighted by atomic mass is 16.5. The summed E-state index contributed by atoms with van der Waals surface area (Å²) in [7, 11) is 0. The average Bonchev–Trinajstić information content (AvgIpc) is 2.36. The summed E-state index contributed by atoms with van der Waals surface area (Å²) in [5, 5.41) is 0.774. The van der Waals surface area contributed by atoms with Crippen LogP contribution in [-0.2, 0) is 4.79 Å². The number of benzene rings is 1. The Hall–Kier alpha value is -2.36. The predicted molar refractivity (Wildman–Crippen MR) is 81.3 cm³/mol. The molecule has 0 fully saturated rings. The van der Waals surface area contributed by atoms with Crippen LogP contribution in [-0.4, -0.2) is 5.97 Å². The van der Waals surface area contributed by atoms with Crippen molar-refractivity contribution in [1.82, 2.24) is 0 Å². The summed E-state index contributed by atoms with van der Waals surface area (Å²) in [6, 6.07) is 7.98. The minimum Gasteiger partial charge on any atom is -0.426 e. The molecule has 4 nitrogen and oxygen atoms in total. The van der Waals surface area contributed by atoms with Crippen LogP contribution in [0.25, 0.3) is 11.0 Å². The van der Waals surface area contributed by atoms with Crippen LogP contribution in [0.15, 0.2) is 51.7 Å². The molecule has 0 atom stereocenters. The number of hydrogen-bond acceptors (Lipinski definition) is 4. The van der Waals surface area contributed by atoms with Crippen LogP contribution >= 0.6 is 0 Å². The zero-order valence-corrected chi connectivity index (χ0v) is 12.4. The zero-order chi connectivity index (χ0) is 15.6. The molecule has 0 aliphatic carbocycles. The molecular weight excluding hydrogens is 268 g/mol. The van der Waals surface area contributed by atoms with Crippen LogP contribution in [0, 0.1) is 5.41 Å². The van der Waals surface area contributed by atoms with E-state index in [0.29, 0.717) is 17.8 Å².